The SMILES string of the molecule is CC(C)(C)c1ccc(OCC(=O)NN=Cc2c(O)ccc3ccccc23)c(Br)c1. The number of carbonyl (C=O) groups excluding carboxylic acids is 1. The second-order valence-electron chi connectivity index (χ2n) is 7.70. The van der Waals surface area contributed by atoms with Crippen LogP contribution in [0.3, 0.4) is 0 Å². The van der Waals surface area contributed by atoms with E-state index >= 15 is 0 Å². The van der Waals surface area contributed by atoms with Gasteiger partial charge in [0.15, 0.2) is 6.61 Å². The molecule has 2 N–H and O–H groups in total. The molecule has 3 aromatic carbocycles. The lowest BCUT2D eigenvalue weighted by atomic mass is 9.87. The Morgan fingerprint density at radius 2 is 1.93 bits per heavy atom. The van der Waals surface area contributed by atoms with E-state index in [9.17, 15) is 9.90 Å². The summed E-state index contributed by atoms with van der Waals surface area (Å²) in [5.74, 6) is 0.289. The van der Waals surface area contributed by atoms with Gasteiger partial charge in [0, 0.05) is 5.56 Å². The van der Waals surface area contributed by atoms with Crippen LogP contribution in [-0.2, 0) is 10.2 Å². The first-order valence-corrected chi connectivity index (χ1v) is 10.0. The summed E-state index contributed by atoms with van der Waals surface area (Å²) in [7, 11) is 0. The van der Waals surface area contributed by atoms with Gasteiger partial charge in [0.2, 0.25) is 0 Å². The van der Waals surface area contributed by atoms with Gasteiger partial charge in [-0.05, 0) is 55.9 Å². The fourth-order valence-electron chi connectivity index (χ4n) is 2.85. The summed E-state index contributed by atoms with van der Waals surface area (Å²) in [4.78, 5) is 12.1. The number of nitrogens with zero attached hydrogens (tertiary/aromatic N) is 1. The van der Waals surface area contributed by atoms with Crippen LogP contribution in [-0.4, -0.2) is 23.8 Å². The van der Waals surface area contributed by atoms with E-state index in [0.29, 0.717) is 11.3 Å². The van der Waals surface area contributed by atoms with Crippen LogP contribution in [0.1, 0.15) is 31.9 Å². The average Bonchev–Trinajstić information content (AvgIpc) is 2.68. The summed E-state index contributed by atoms with van der Waals surface area (Å²) in [6.07, 6.45) is 1.43. The molecule has 29 heavy (non-hydrogen) atoms. The summed E-state index contributed by atoms with van der Waals surface area (Å²) < 4.78 is 6.37. The molecule has 0 heterocycles. The van der Waals surface area contributed by atoms with E-state index in [1.165, 1.54) is 11.8 Å². The second kappa shape index (κ2) is 8.66. The van der Waals surface area contributed by atoms with Crippen molar-refractivity contribution in [1.29, 1.82) is 0 Å². The lowest BCUT2D eigenvalue weighted by Crippen LogP contribution is -2.24. The fraction of sp³-hybridized carbons (Fsp3) is 0.217. The van der Waals surface area contributed by atoms with Gasteiger partial charge in [-0.2, -0.15) is 5.10 Å². The van der Waals surface area contributed by atoms with Gasteiger partial charge in [-0.1, -0.05) is 57.2 Å². The molecule has 1 amide bonds. The number of hydrogen-bond acceptors (Lipinski definition) is 4. The van der Waals surface area contributed by atoms with E-state index in [1.54, 1.807) is 6.07 Å². The zero-order chi connectivity index (χ0) is 21.0. The third kappa shape index (κ3) is 5.15. The first-order valence-electron chi connectivity index (χ1n) is 9.21. The Balaban J connectivity index is 1.62. The van der Waals surface area contributed by atoms with Gasteiger partial charge < -0.3 is 9.84 Å². The molecule has 0 aliphatic carbocycles. The Morgan fingerprint density at radius 1 is 1.17 bits per heavy atom. The van der Waals surface area contributed by atoms with Crippen LogP contribution in [0, 0.1) is 0 Å². The quantitative estimate of drug-likeness (QED) is 0.414. The van der Waals surface area contributed by atoms with Crippen LogP contribution in [0.15, 0.2) is 64.2 Å². The van der Waals surface area contributed by atoms with Gasteiger partial charge in [0.05, 0.1) is 10.7 Å². The third-order valence-electron chi connectivity index (χ3n) is 4.49. The zero-order valence-corrected chi connectivity index (χ0v) is 18.2. The van der Waals surface area contributed by atoms with E-state index in [2.05, 4.69) is 47.2 Å². The summed E-state index contributed by atoms with van der Waals surface area (Å²) in [5, 5.41) is 15.9. The number of phenols is 1. The van der Waals surface area contributed by atoms with Gasteiger partial charge in [-0.3, -0.25) is 4.79 Å². The minimum Gasteiger partial charge on any atom is -0.507 e. The standard InChI is InChI=1S/C23H23BrN2O3/c1-23(2,3)16-9-11-21(19(24)12-16)29-14-22(28)26-25-13-18-17-7-5-4-6-15(17)8-10-20(18)27/h4-13,27H,14H2,1-3H3,(H,26,28). The normalized spacial score (nSPS) is 11.7. The topological polar surface area (TPSA) is 70.9 Å². The largest absolute Gasteiger partial charge is 0.507 e. The van der Waals surface area contributed by atoms with Crippen LogP contribution >= 0.6 is 15.9 Å². The molecule has 3 rings (SSSR count). The number of fused-ring (bicyclic) bond motifs is 1. The van der Waals surface area contributed by atoms with Crippen molar-refractivity contribution in [3.8, 4) is 11.5 Å². The van der Waals surface area contributed by atoms with Crippen molar-refractivity contribution in [3.63, 3.8) is 0 Å². The lowest BCUT2D eigenvalue weighted by molar-refractivity contribution is -0.123. The maximum atomic E-state index is 12.1. The maximum Gasteiger partial charge on any atom is 0.277 e. The van der Waals surface area contributed by atoms with E-state index < -0.39 is 5.91 Å². The molecule has 0 aromatic heterocycles. The van der Waals surface area contributed by atoms with E-state index in [4.69, 9.17) is 4.74 Å². The fourth-order valence-corrected chi connectivity index (χ4v) is 3.34. The van der Waals surface area contributed by atoms with Crippen molar-refractivity contribution in [3.05, 3.63) is 70.2 Å². The first-order chi connectivity index (χ1) is 13.8. The Labute approximate surface area is 178 Å². The number of nitrogens with one attached hydrogen (secondary N) is 1. The first kappa shape index (κ1) is 20.9. The summed E-state index contributed by atoms with van der Waals surface area (Å²) in [5.41, 5.74) is 4.17. The average molecular weight is 455 g/mol. The number of ether oxygens (including phenoxy) is 1. The number of aromatic hydroxyl groups is 1. The second-order valence-corrected chi connectivity index (χ2v) is 8.55. The molecule has 0 spiro atoms. The highest BCUT2D eigenvalue weighted by Crippen LogP contribution is 2.31. The number of amides is 1. The van der Waals surface area contributed by atoms with Crippen molar-refractivity contribution in [2.24, 2.45) is 5.10 Å². The van der Waals surface area contributed by atoms with Crippen LogP contribution in [0.5, 0.6) is 11.5 Å². The Morgan fingerprint density at radius 3 is 2.66 bits per heavy atom. The molecule has 0 fully saturated rings. The molecular weight excluding hydrogens is 432 g/mol. The minimum atomic E-state index is -0.396. The van der Waals surface area contributed by atoms with Crippen molar-refractivity contribution in [2.75, 3.05) is 6.61 Å². The molecule has 0 bridgehead atoms. The number of phenolic OH excluding ortho intramolecular Hbond substituents is 1. The van der Waals surface area contributed by atoms with Crippen molar-refractivity contribution in [2.45, 2.75) is 26.2 Å². The van der Waals surface area contributed by atoms with Crippen molar-refractivity contribution in [1.82, 2.24) is 5.43 Å². The number of hydrazone groups is 1. The molecule has 5 nitrogen and oxygen atoms in total. The smallest absolute Gasteiger partial charge is 0.277 e. The van der Waals surface area contributed by atoms with Crippen LogP contribution in [0.2, 0.25) is 0 Å². The Hall–Kier alpha value is -2.86. The van der Waals surface area contributed by atoms with Crippen molar-refractivity contribution < 1.29 is 14.6 Å². The van der Waals surface area contributed by atoms with Gasteiger partial charge in [-0.15, -0.1) is 0 Å². The van der Waals surface area contributed by atoms with E-state index in [0.717, 1.165) is 15.2 Å². The molecule has 150 valence electrons. The van der Waals surface area contributed by atoms with Crippen LogP contribution in [0.25, 0.3) is 10.8 Å². The maximum absolute atomic E-state index is 12.1. The number of halogens is 1. The Kier molecular flexibility index (Phi) is 6.23. The molecule has 0 saturated carbocycles. The van der Waals surface area contributed by atoms with Gasteiger partial charge in [0.25, 0.3) is 5.91 Å². The van der Waals surface area contributed by atoms with Crippen LogP contribution in [0.4, 0.5) is 0 Å². The molecule has 0 atom stereocenters. The van der Waals surface area contributed by atoms with E-state index in [-0.39, 0.29) is 17.8 Å². The summed E-state index contributed by atoms with van der Waals surface area (Å²) >= 11 is 3.49. The number of benzene rings is 3. The molecule has 0 radical (unpaired) electrons. The van der Waals surface area contributed by atoms with E-state index in [1.807, 2.05) is 48.5 Å². The molecule has 6 heteroatoms. The molecule has 0 aliphatic rings. The zero-order valence-electron chi connectivity index (χ0n) is 16.6. The molecular formula is C23H23BrN2O3. The summed E-state index contributed by atoms with van der Waals surface area (Å²) in [6, 6.07) is 16.9. The van der Waals surface area contributed by atoms with Gasteiger partial charge in [-0.25, -0.2) is 5.43 Å². The molecule has 0 unspecified atom stereocenters. The lowest BCUT2D eigenvalue weighted by Gasteiger charge is -2.20. The molecule has 0 aliphatic heterocycles. The highest BCUT2D eigenvalue weighted by molar-refractivity contribution is 9.10. The highest BCUT2D eigenvalue weighted by atomic mass is 79.9. The minimum absolute atomic E-state index is 0.0281. The molecule has 3 aromatic rings. The number of hydrogen-bond donors (Lipinski definition) is 2. The monoisotopic (exact) mass is 454 g/mol. The molecule has 0 saturated heterocycles. The third-order valence-corrected chi connectivity index (χ3v) is 5.11. The predicted molar refractivity (Wildman–Crippen MR) is 120 cm³/mol. The van der Waals surface area contributed by atoms with Crippen molar-refractivity contribution >= 4 is 38.8 Å². The highest BCUT2D eigenvalue weighted by Gasteiger charge is 2.15. The summed E-state index contributed by atoms with van der Waals surface area (Å²) in [6.45, 7) is 6.23. The van der Waals surface area contributed by atoms with Gasteiger partial charge in [0.1, 0.15) is 11.5 Å². The van der Waals surface area contributed by atoms with Gasteiger partial charge >= 0.3 is 0 Å². The number of rotatable bonds is 5. The number of carbonyl (C=O) groups is 1. The van der Waals surface area contributed by atoms with Crippen LogP contribution < -0.4 is 10.2 Å². The Bertz CT molecular complexity index is 1070. The predicted octanol–water partition coefficient (Wildman–Crippen LogP) is 5.13.